The molecule has 17 nitrogen and oxygen atoms in total. The van der Waals surface area contributed by atoms with Crippen LogP contribution >= 0.6 is 15.6 Å². The smallest absolute Gasteiger partial charge is 0.462 e. The van der Waals surface area contributed by atoms with Gasteiger partial charge in [-0.25, -0.2) is 9.13 Å². The van der Waals surface area contributed by atoms with Gasteiger partial charge in [0.2, 0.25) is 0 Å². The summed E-state index contributed by atoms with van der Waals surface area (Å²) >= 11 is 0. The number of hydrogen-bond donors (Lipinski definition) is 3. The first-order valence-corrected chi connectivity index (χ1v) is 36.3. The Morgan fingerprint density at radius 2 is 0.488 bits per heavy atom. The molecule has 0 saturated heterocycles. The first-order valence-electron chi connectivity index (χ1n) is 33.3. The van der Waals surface area contributed by atoms with Gasteiger partial charge in [-0.3, -0.25) is 37.3 Å². The van der Waals surface area contributed by atoms with Crippen LogP contribution in [0.2, 0.25) is 0 Å². The van der Waals surface area contributed by atoms with Crippen molar-refractivity contribution in [3.05, 3.63) is 0 Å². The lowest BCUT2D eigenvalue weighted by atomic mass is 10.0. The van der Waals surface area contributed by atoms with E-state index in [1.165, 1.54) is 141 Å². The highest BCUT2D eigenvalue weighted by Gasteiger charge is 2.30. The van der Waals surface area contributed by atoms with Gasteiger partial charge in [-0.1, -0.05) is 272 Å². The van der Waals surface area contributed by atoms with E-state index in [1.807, 2.05) is 0 Å². The van der Waals surface area contributed by atoms with Crippen molar-refractivity contribution in [2.24, 2.45) is 0 Å². The van der Waals surface area contributed by atoms with Crippen LogP contribution < -0.4 is 0 Å². The molecule has 0 aliphatic carbocycles. The molecule has 2 unspecified atom stereocenters. The van der Waals surface area contributed by atoms with E-state index in [9.17, 15) is 43.2 Å². The van der Waals surface area contributed by atoms with Gasteiger partial charge in [0.15, 0.2) is 12.2 Å². The Morgan fingerprint density at radius 3 is 0.720 bits per heavy atom. The predicted molar refractivity (Wildman–Crippen MR) is 326 cm³/mol. The number of unbranched alkanes of at least 4 members (excludes halogenated alkanes) is 38. The van der Waals surface area contributed by atoms with Gasteiger partial charge >= 0.3 is 39.5 Å². The van der Waals surface area contributed by atoms with Crippen LogP contribution in [0.5, 0.6) is 0 Å². The Balaban J connectivity index is 5.20. The Bertz CT molecular complexity index is 1590. The largest absolute Gasteiger partial charge is 0.472 e. The third-order valence-corrected chi connectivity index (χ3v) is 16.5. The molecular formula is C63H122O17P2. The summed E-state index contributed by atoms with van der Waals surface area (Å²) in [7, 11) is -9.88. The third-order valence-electron chi connectivity index (χ3n) is 14.6. The minimum atomic E-state index is -4.94. The number of aliphatic hydroxyl groups is 1. The minimum Gasteiger partial charge on any atom is -0.462 e. The molecule has 0 spiro atoms. The fourth-order valence-corrected chi connectivity index (χ4v) is 11.0. The van der Waals surface area contributed by atoms with Crippen molar-refractivity contribution in [1.29, 1.82) is 0 Å². The number of ether oxygens (including phenoxy) is 4. The number of aliphatic hydroxyl groups excluding tert-OH is 1. The molecule has 82 heavy (non-hydrogen) atoms. The van der Waals surface area contributed by atoms with E-state index in [0.29, 0.717) is 25.7 Å². The number of carbonyl (C=O) groups excluding carboxylic acids is 4. The lowest BCUT2D eigenvalue weighted by molar-refractivity contribution is -0.161. The van der Waals surface area contributed by atoms with Gasteiger partial charge in [0.05, 0.1) is 26.4 Å². The molecule has 0 aromatic carbocycles. The van der Waals surface area contributed by atoms with Gasteiger partial charge in [-0.15, -0.1) is 0 Å². The fourth-order valence-electron chi connectivity index (χ4n) is 9.46. The quantitative estimate of drug-likeness (QED) is 0.0222. The van der Waals surface area contributed by atoms with Crippen LogP contribution in [0, 0.1) is 0 Å². The van der Waals surface area contributed by atoms with Crippen molar-refractivity contribution in [2.45, 2.75) is 341 Å². The van der Waals surface area contributed by atoms with E-state index in [1.54, 1.807) is 0 Å². The van der Waals surface area contributed by atoms with Crippen LogP contribution in [-0.4, -0.2) is 96.7 Å². The molecule has 3 N–H and O–H groups in total. The van der Waals surface area contributed by atoms with Crippen molar-refractivity contribution < 1.29 is 80.2 Å². The predicted octanol–water partition coefficient (Wildman–Crippen LogP) is 17.5. The standard InChI is InChI=1S/C63H122O17P2/c1-5-9-13-17-21-25-27-29-30-32-34-38-42-46-50-63(68)80-59(54-74-61(66)48-44-40-37-33-31-28-26-22-18-14-10-6-2)56-78-82(71,72)76-52-57(64)51-75-81(69,70)77-55-58(79-62(67)49-45-41-36-24-20-16-12-8-4)53-73-60(65)47-43-39-35-23-19-15-11-7-3/h57-59,64H,5-56H2,1-4H3,(H,69,70)(H,71,72)/t57-,58+,59+/m0/s1. The average Bonchev–Trinajstić information content (AvgIpc) is 3.45. The van der Waals surface area contributed by atoms with Crippen molar-refractivity contribution in [3.8, 4) is 0 Å². The maximum Gasteiger partial charge on any atom is 0.472 e. The molecule has 0 bridgehead atoms. The maximum absolute atomic E-state index is 13.0. The zero-order chi connectivity index (χ0) is 60.5. The van der Waals surface area contributed by atoms with Crippen molar-refractivity contribution in [1.82, 2.24) is 0 Å². The van der Waals surface area contributed by atoms with E-state index in [-0.39, 0.29) is 25.7 Å². The number of rotatable bonds is 64. The first kappa shape index (κ1) is 80.1. The molecule has 0 aliphatic rings. The summed E-state index contributed by atoms with van der Waals surface area (Å²) in [5, 5.41) is 10.5. The van der Waals surface area contributed by atoms with Gasteiger partial charge in [0.1, 0.15) is 19.3 Å². The molecule has 0 rings (SSSR count). The second-order valence-electron chi connectivity index (χ2n) is 22.8. The van der Waals surface area contributed by atoms with Gasteiger partial charge < -0.3 is 33.8 Å². The summed E-state index contributed by atoms with van der Waals surface area (Å²) in [5.74, 6) is -2.14. The van der Waals surface area contributed by atoms with E-state index < -0.39 is 97.5 Å². The van der Waals surface area contributed by atoms with Crippen LogP contribution in [0.3, 0.4) is 0 Å². The number of hydrogen-bond acceptors (Lipinski definition) is 15. The summed E-state index contributed by atoms with van der Waals surface area (Å²) in [5.41, 5.74) is 0. The topological polar surface area (TPSA) is 237 Å². The van der Waals surface area contributed by atoms with E-state index in [4.69, 9.17) is 37.0 Å². The minimum absolute atomic E-state index is 0.105. The average molecular weight is 1210 g/mol. The molecule has 486 valence electrons. The van der Waals surface area contributed by atoms with E-state index in [0.717, 1.165) is 103 Å². The SMILES string of the molecule is CCCCCCCCCCCCCCCCC(=O)O[C@H](COC(=O)CCCCCCCCCCCCCC)COP(=O)(O)OC[C@@H](O)COP(=O)(O)OC[C@@H](COC(=O)CCCCCCCCCC)OC(=O)CCCCCCCCCC. The molecule has 0 saturated carbocycles. The number of carbonyl (C=O) groups is 4. The Morgan fingerprint density at radius 1 is 0.293 bits per heavy atom. The highest BCUT2D eigenvalue weighted by molar-refractivity contribution is 7.47. The monoisotopic (exact) mass is 1210 g/mol. The normalized spacial score (nSPS) is 14.2. The summed E-state index contributed by atoms with van der Waals surface area (Å²) in [6.45, 7) is 4.84. The highest BCUT2D eigenvalue weighted by Crippen LogP contribution is 2.45. The molecule has 19 heteroatoms. The number of phosphoric acid groups is 2. The van der Waals surface area contributed by atoms with Crippen LogP contribution in [0.4, 0.5) is 0 Å². The van der Waals surface area contributed by atoms with Gasteiger partial charge in [0, 0.05) is 25.7 Å². The van der Waals surface area contributed by atoms with Gasteiger partial charge in [-0.2, -0.15) is 0 Å². The molecular weight excluding hydrogens is 1090 g/mol. The summed E-state index contributed by atoms with van der Waals surface area (Å²) < 4.78 is 67.9. The second-order valence-corrected chi connectivity index (χ2v) is 25.7. The van der Waals surface area contributed by atoms with Gasteiger partial charge in [0.25, 0.3) is 0 Å². The van der Waals surface area contributed by atoms with Crippen molar-refractivity contribution in [2.75, 3.05) is 39.6 Å². The summed E-state index contributed by atoms with van der Waals surface area (Å²) in [6.07, 6.45) is 43.1. The second kappa shape index (κ2) is 58.1. The molecule has 5 atom stereocenters. The van der Waals surface area contributed by atoms with Crippen LogP contribution in [0.15, 0.2) is 0 Å². The van der Waals surface area contributed by atoms with Crippen LogP contribution in [0.25, 0.3) is 0 Å². The highest BCUT2D eigenvalue weighted by atomic mass is 31.2. The Hall–Kier alpha value is -1.94. The number of phosphoric ester groups is 2. The molecule has 0 aromatic rings. The summed E-state index contributed by atoms with van der Waals surface area (Å²) in [6, 6.07) is 0. The Labute approximate surface area is 498 Å². The van der Waals surface area contributed by atoms with E-state index in [2.05, 4.69) is 27.7 Å². The molecule has 0 heterocycles. The zero-order valence-electron chi connectivity index (χ0n) is 52.5. The molecule has 0 aliphatic heterocycles. The third kappa shape index (κ3) is 57.2. The van der Waals surface area contributed by atoms with Crippen LogP contribution in [-0.2, 0) is 65.4 Å². The first-order chi connectivity index (χ1) is 39.7. The summed E-state index contributed by atoms with van der Waals surface area (Å²) in [4.78, 5) is 72.0. The van der Waals surface area contributed by atoms with E-state index >= 15 is 0 Å². The van der Waals surface area contributed by atoms with Gasteiger partial charge in [-0.05, 0) is 25.7 Å². The molecule has 0 amide bonds. The lowest BCUT2D eigenvalue weighted by Gasteiger charge is -2.21. The zero-order valence-corrected chi connectivity index (χ0v) is 54.2. The van der Waals surface area contributed by atoms with Crippen LogP contribution in [0.1, 0.15) is 323 Å². The molecule has 0 aromatic heterocycles. The molecule has 0 fully saturated rings. The fraction of sp³-hybridized carbons (Fsp3) is 0.937. The molecule has 0 radical (unpaired) electrons. The Kier molecular flexibility index (Phi) is 56.7. The van der Waals surface area contributed by atoms with Crippen molar-refractivity contribution in [3.63, 3.8) is 0 Å². The maximum atomic E-state index is 13.0. The number of esters is 4. The lowest BCUT2D eigenvalue weighted by Crippen LogP contribution is -2.30. The van der Waals surface area contributed by atoms with Crippen molar-refractivity contribution >= 4 is 39.5 Å².